The van der Waals surface area contributed by atoms with Gasteiger partial charge < -0.3 is 10.1 Å². The molecular weight excluding hydrogens is 294 g/mol. The molecule has 128 valence electrons. The van der Waals surface area contributed by atoms with Crippen molar-refractivity contribution in [3.05, 3.63) is 84.4 Å². The fourth-order valence-corrected chi connectivity index (χ4v) is 3.26. The summed E-state index contributed by atoms with van der Waals surface area (Å²) < 4.78 is 6.12. The van der Waals surface area contributed by atoms with Crippen LogP contribution in [0.1, 0.15) is 37.3 Å². The standard InChI is InChI=1S/C22H29NO/c1-4-12-21(5-2)23-18-17-22(24-3,19-13-8-6-9-14-19)20-15-10-7-11-16-20/h5-11,13-16,21,23H,2,4,12,17-18H2,1,3H3. The van der Waals surface area contributed by atoms with Crippen LogP contribution in [0.15, 0.2) is 73.3 Å². The molecule has 2 aromatic carbocycles. The highest BCUT2D eigenvalue weighted by Crippen LogP contribution is 2.36. The molecule has 0 aromatic heterocycles. The molecule has 0 fully saturated rings. The topological polar surface area (TPSA) is 21.3 Å². The summed E-state index contributed by atoms with van der Waals surface area (Å²) in [4.78, 5) is 0. The number of ether oxygens (including phenoxy) is 1. The molecular formula is C22H29NO. The molecule has 2 nitrogen and oxygen atoms in total. The molecule has 0 amide bonds. The summed E-state index contributed by atoms with van der Waals surface area (Å²) in [6.07, 6.45) is 5.13. The summed E-state index contributed by atoms with van der Waals surface area (Å²) in [5, 5.41) is 3.60. The van der Waals surface area contributed by atoms with Crippen molar-refractivity contribution in [2.24, 2.45) is 0 Å². The number of rotatable bonds is 10. The molecule has 0 heterocycles. The Bertz CT molecular complexity index is 554. The zero-order valence-corrected chi connectivity index (χ0v) is 14.9. The van der Waals surface area contributed by atoms with Crippen molar-refractivity contribution in [1.29, 1.82) is 0 Å². The lowest BCUT2D eigenvalue weighted by molar-refractivity contribution is 0.0144. The second-order valence-corrected chi connectivity index (χ2v) is 6.10. The Hall–Kier alpha value is -1.90. The van der Waals surface area contributed by atoms with Crippen molar-refractivity contribution in [2.45, 2.75) is 37.8 Å². The first-order valence-corrected chi connectivity index (χ1v) is 8.79. The molecule has 0 aliphatic carbocycles. The number of hydrogen-bond donors (Lipinski definition) is 1. The van der Waals surface area contributed by atoms with E-state index < -0.39 is 5.60 Å². The highest BCUT2D eigenvalue weighted by Gasteiger charge is 2.33. The van der Waals surface area contributed by atoms with Gasteiger partial charge in [-0.15, -0.1) is 6.58 Å². The number of benzene rings is 2. The maximum atomic E-state index is 6.12. The molecule has 2 rings (SSSR count). The molecule has 0 spiro atoms. The predicted molar refractivity (Wildman–Crippen MR) is 102 cm³/mol. The van der Waals surface area contributed by atoms with E-state index in [0.717, 1.165) is 25.8 Å². The molecule has 1 unspecified atom stereocenters. The average molecular weight is 323 g/mol. The fraction of sp³-hybridized carbons (Fsp3) is 0.364. The van der Waals surface area contributed by atoms with Crippen LogP contribution in [0.25, 0.3) is 0 Å². The van der Waals surface area contributed by atoms with Gasteiger partial charge in [-0.3, -0.25) is 0 Å². The first-order valence-electron chi connectivity index (χ1n) is 8.79. The summed E-state index contributed by atoms with van der Waals surface area (Å²) in [7, 11) is 1.80. The van der Waals surface area contributed by atoms with Crippen molar-refractivity contribution < 1.29 is 4.74 Å². The molecule has 0 radical (unpaired) electrons. The molecule has 2 heteroatoms. The Labute approximate surface area is 146 Å². The van der Waals surface area contributed by atoms with E-state index >= 15 is 0 Å². The highest BCUT2D eigenvalue weighted by molar-refractivity contribution is 5.36. The second kappa shape index (κ2) is 9.41. The van der Waals surface area contributed by atoms with Crippen molar-refractivity contribution in [3.8, 4) is 0 Å². The molecule has 0 aliphatic heterocycles. The van der Waals surface area contributed by atoms with Crippen LogP contribution in [-0.2, 0) is 10.3 Å². The summed E-state index contributed by atoms with van der Waals surface area (Å²) >= 11 is 0. The summed E-state index contributed by atoms with van der Waals surface area (Å²) in [6.45, 7) is 7.01. The molecule has 1 atom stereocenters. The summed E-state index contributed by atoms with van der Waals surface area (Å²) in [5.74, 6) is 0. The van der Waals surface area contributed by atoms with E-state index in [4.69, 9.17) is 4.74 Å². The highest BCUT2D eigenvalue weighted by atomic mass is 16.5. The van der Waals surface area contributed by atoms with E-state index in [0.29, 0.717) is 6.04 Å². The lowest BCUT2D eigenvalue weighted by Gasteiger charge is -2.34. The zero-order valence-electron chi connectivity index (χ0n) is 14.9. The lowest BCUT2D eigenvalue weighted by Crippen LogP contribution is -2.36. The van der Waals surface area contributed by atoms with E-state index in [2.05, 4.69) is 67.4 Å². The number of hydrogen-bond acceptors (Lipinski definition) is 2. The lowest BCUT2D eigenvalue weighted by atomic mass is 9.83. The Balaban J connectivity index is 2.25. The Morgan fingerprint density at radius 2 is 1.58 bits per heavy atom. The van der Waals surface area contributed by atoms with Gasteiger partial charge in [0.1, 0.15) is 5.60 Å². The third-order valence-corrected chi connectivity index (χ3v) is 4.60. The summed E-state index contributed by atoms with van der Waals surface area (Å²) in [6, 6.07) is 21.3. The summed E-state index contributed by atoms with van der Waals surface area (Å²) in [5.41, 5.74) is 1.94. The molecule has 0 saturated carbocycles. The molecule has 2 aromatic rings. The van der Waals surface area contributed by atoms with E-state index in [9.17, 15) is 0 Å². The van der Waals surface area contributed by atoms with Crippen molar-refractivity contribution in [1.82, 2.24) is 5.32 Å². The van der Waals surface area contributed by atoms with Gasteiger partial charge >= 0.3 is 0 Å². The third-order valence-electron chi connectivity index (χ3n) is 4.60. The van der Waals surface area contributed by atoms with Crippen LogP contribution in [0.4, 0.5) is 0 Å². The van der Waals surface area contributed by atoms with E-state index in [-0.39, 0.29) is 0 Å². The minimum atomic E-state index is -0.437. The van der Waals surface area contributed by atoms with Gasteiger partial charge in [-0.05, 0) is 30.5 Å². The third kappa shape index (κ3) is 4.34. The first kappa shape index (κ1) is 18.4. The second-order valence-electron chi connectivity index (χ2n) is 6.10. The first-order chi connectivity index (χ1) is 11.8. The van der Waals surface area contributed by atoms with Gasteiger partial charge in [0.25, 0.3) is 0 Å². The molecule has 1 N–H and O–H groups in total. The van der Waals surface area contributed by atoms with E-state index in [1.807, 2.05) is 18.2 Å². The van der Waals surface area contributed by atoms with Crippen LogP contribution in [0.3, 0.4) is 0 Å². The molecule has 0 bridgehead atoms. The van der Waals surface area contributed by atoms with Crippen molar-refractivity contribution in [3.63, 3.8) is 0 Å². The van der Waals surface area contributed by atoms with Crippen LogP contribution in [0.5, 0.6) is 0 Å². The largest absolute Gasteiger partial charge is 0.369 e. The van der Waals surface area contributed by atoms with Crippen molar-refractivity contribution in [2.75, 3.05) is 13.7 Å². The normalized spacial score (nSPS) is 12.8. The quantitative estimate of drug-likeness (QED) is 0.627. The number of methoxy groups -OCH3 is 1. The Kier molecular flexibility index (Phi) is 7.23. The minimum absolute atomic E-state index is 0.358. The maximum Gasteiger partial charge on any atom is 0.119 e. The maximum absolute atomic E-state index is 6.12. The smallest absolute Gasteiger partial charge is 0.119 e. The van der Waals surface area contributed by atoms with Crippen LogP contribution in [0.2, 0.25) is 0 Å². The van der Waals surface area contributed by atoms with Gasteiger partial charge in [0.15, 0.2) is 0 Å². The van der Waals surface area contributed by atoms with E-state index in [1.54, 1.807) is 7.11 Å². The van der Waals surface area contributed by atoms with Crippen LogP contribution >= 0.6 is 0 Å². The van der Waals surface area contributed by atoms with Gasteiger partial charge in [-0.1, -0.05) is 80.1 Å². The van der Waals surface area contributed by atoms with Crippen molar-refractivity contribution >= 4 is 0 Å². The SMILES string of the molecule is C=CC(CCC)NCCC(OC)(c1ccccc1)c1ccccc1. The minimum Gasteiger partial charge on any atom is -0.369 e. The molecule has 0 aliphatic rings. The predicted octanol–water partition coefficient (Wildman–Crippen LogP) is 4.91. The van der Waals surface area contributed by atoms with Gasteiger partial charge in [-0.25, -0.2) is 0 Å². The van der Waals surface area contributed by atoms with Gasteiger partial charge in [0, 0.05) is 13.2 Å². The molecule has 24 heavy (non-hydrogen) atoms. The monoisotopic (exact) mass is 323 g/mol. The van der Waals surface area contributed by atoms with Gasteiger partial charge in [0.2, 0.25) is 0 Å². The fourth-order valence-electron chi connectivity index (χ4n) is 3.26. The van der Waals surface area contributed by atoms with Crippen LogP contribution < -0.4 is 5.32 Å². The Morgan fingerprint density at radius 3 is 2.00 bits per heavy atom. The average Bonchev–Trinajstić information content (AvgIpc) is 2.66. The van der Waals surface area contributed by atoms with E-state index in [1.165, 1.54) is 11.1 Å². The Morgan fingerprint density at radius 1 is 1.04 bits per heavy atom. The number of nitrogens with one attached hydrogen (secondary N) is 1. The van der Waals surface area contributed by atoms with Gasteiger partial charge in [0.05, 0.1) is 0 Å². The van der Waals surface area contributed by atoms with Crippen LogP contribution in [-0.4, -0.2) is 19.7 Å². The van der Waals surface area contributed by atoms with Crippen LogP contribution in [0, 0.1) is 0 Å². The molecule has 0 saturated heterocycles. The zero-order chi connectivity index (χ0) is 17.3. The van der Waals surface area contributed by atoms with Gasteiger partial charge in [-0.2, -0.15) is 0 Å².